The Morgan fingerprint density at radius 3 is 2.35 bits per heavy atom. The van der Waals surface area contributed by atoms with Crippen LogP contribution in [0.1, 0.15) is 64.9 Å². The maximum absolute atomic E-state index is 13.2. The zero-order chi connectivity index (χ0) is 23.5. The average molecular weight is 459 g/mol. The topological polar surface area (TPSA) is 76.5 Å². The van der Waals surface area contributed by atoms with Gasteiger partial charge in [-0.2, -0.15) is 5.10 Å². The molecule has 0 radical (unpaired) electrons. The maximum Gasteiger partial charge on any atom is 0.255 e. The number of amides is 2. The second-order valence-corrected chi connectivity index (χ2v) is 8.96. The zero-order valence-corrected chi connectivity index (χ0v) is 19.4. The van der Waals surface area contributed by atoms with Crippen molar-refractivity contribution < 1.29 is 14.3 Å². The fourth-order valence-corrected chi connectivity index (χ4v) is 4.59. The second kappa shape index (κ2) is 9.71. The van der Waals surface area contributed by atoms with Crippen LogP contribution in [-0.4, -0.2) is 52.2 Å². The summed E-state index contributed by atoms with van der Waals surface area (Å²) in [4.78, 5) is 27.9. The standard InChI is InChI=1S/C27H30N4O3/c1-2-34-23-12-10-20(11-13-23)27(33)30-16-14-21(15-17-30)29-26(32)24-18-28-31(25(24)19-8-9-19)22-6-4-3-5-7-22/h3-7,10-13,18-19,21H,2,8-9,14-17H2,1H3,(H,29,32). The highest BCUT2D eigenvalue weighted by molar-refractivity contribution is 5.96. The molecule has 34 heavy (non-hydrogen) atoms. The van der Waals surface area contributed by atoms with E-state index in [1.807, 2.05) is 71.1 Å². The number of ether oxygens (including phenoxy) is 1. The number of rotatable bonds is 7. The fourth-order valence-electron chi connectivity index (χ4n) is 4.59. The molecule has 0 atom stereocenters. The summed E-state index contributed by atoms with van der Waals surface area (Å²) in [5.74, 6) is 1.10. The van der Waals surface area contributed by atoms with Gasteiger partial charge in [0.2, 0.25) is 0 Å². The summed E-state index contributed by atoms with van der Waals surface area (Å²) < 4.78 is 7.36. The average Bonchev–Trinajstić information content (AvgIpc) is 3.62. The van der Waals surface area contributed by atoms with E-state index in [1.165, 1.54) is 0 Å². The highest BCUT2D eigenvalue weighted by Gasteiger charge is 2.34. The first-order chi connectivity index (χ1) is 16.6. The molecule has 1 aromatic heterocycles. The number of carbonyl (C=O) groups is 2. The molecule has 176 valence electrons. The number of nitrogens with one attached hydrogen (secondary N) is 1. The van der Waals surface area contributed by atoms with Crippen LogP contribution >= 0.6 is 0 Å². The van der Waals surface area contributed by atoms with Crippen LogP contribution in [0.4, 0.5) is 0 Å². The molecule has 1 saturated heterocycles. The molecule has 2 aliphatic rings. The summed E-state index contributed by atoms with van der Waals surface area (Å²) in [5, 5.41) is 7.74. The number of piperidine rings is 1. The third-order valence-corrected chi connectivity index (χ3v) is 6.55. The fraction of sp³-hybridized carbons (Fsp3) is 0.370. The van der Waals surface area contributed by atoms with Crippen molar-refractivity contribution >= 4 is 11.8 Å². The molecule has 1 N–H and O–H groups in total. The normalized spacial score (nSPS) is 16.3. The van der Waals surface area contributed by atoms with Crippen LogP contribution in [0.2, 0.25) is 0 Å². The van der Waals surface area contributed by atoms with Gasteiger partial charge in [-0.1, -0.05) is 18.2 Å². The van der Waals surface area contributed by atoms with Gasteiger partial charge in [0.05, 0.1) is 29.7 Å². The number of carbonyl (C=O) groups excluding carboxylic acids is 2. The minimum atomic E-state index is -0.0691. The molecule has 0 unspecified atom stereocenters. The summed E-state index contributed by atoms with van der Waals surface area (Å²) in [6.07, 6.45) is 5.34. The Bertz CT molecular complexity index is 1140. The van der Waals surface area contributed by atoms with Gasteiger partial charge in [0, 0.05) is 30.6 Å². The van der Waals surface area contributed by atoms with E-state index in [1.54, 1.807) is 6.20 Å². The van der Waals surface area contributed by atoms with Crippen LogP contribution < -0.4 is 10.1 Å². The van der Waals surface area contributed by atoms with Gasteiger partial charge in [-0.05, 0) is 69.0 Å². The van der Waals surface area contributed by atoms with Crippen LogP contribution in [0.3, 0.4) is 0 Å². The van der Waals surface area contributed by atoms with E-state index in [0.717, 1.165) is 42.8 Å². The molecular weight excluding hydrogens is 428 g/mol. The van der Waals surface area contributed by atoms with Gasteiger partial charge in [-0.25, -0.2) is 4.68 Å². The summed E-state index contributed by atoms with van der Waals surface area (Å²) in [5.41, 5.74) is 3.31. The highest BCUT2D eigenvalue weighted by Crippen LogP contribution is 2.42. The first-order valence-corrected chi connectivity index (χ1v) is 12.1. The Morgan fingerprint density at radius 1 is 1.00 bits per heavy atom. The number of likely N-dealkylation sites (tertiary alicyclic amines) is 1. The van der Waals surface area contributed by atoms with E-state index < -0.39 is 0 Å². The quantitative estimate of drug-likeness (QED) is 0.576. The lowest BCUT2D eigenvalue weighted by molar-refractivity contribution is 0.0698. The lowest BCUT2D eigenvalue weighted by Crippen LogP contribution is -2.46. The molecule has 2 fully saturated rings. The number of para-hydroxylation sites is 1. The Labute approximate surface area is 199 Å². The number of hydrogen-bond donors (Lipinski definition) is 1. The molecule has 7 heteroatoms. The molecule has 2 heterocycles. The van der Waals surface area contributed by atoms with Crippen molar-refractivity contribution in [1.82, 2.24) is 20.0 Å². The Balaban J connectivity index is 1.20. The van der Waals surface area contributed by atoms with E-state index in [2.05, 4.69) is 10.4 Å². The number of hydrogen-bond acceptors (Lipinski definition) is 4. The summed E-state index contributed by atoms with van der Waals surface area (Å²) in [6, 6.07) is 17.3. The van der Waals surface area contributed by atoms with Crippen LogP contribution in [-0.2, 0) is 0 Å². The summed E-state index contributed by atoms with van der Waals surface area (Å²) in [7, 11) is 0. The third-order valence-electron chi connectivity index (χ3n) is 6.55. The summed E-state index contributed by atoms with van der Waals surface area (Å²) in [6.45, 7) is 3.78. The first-order valence-electron chi connectivity index (χ1n) is 12.1. The molecule has 1 saturated carbocycles. The Kier molecular flexibility index (Phi) is 6.34. The van der Waals surface area contributed by atoms with Gasteiger partial charge in [0.15, 0.2) is 0 Å². The smallest absolute Gasteiger partial charge is 0.255 e. The van der Waals surface area contributed by atoms with Crippen molar-refractivity contribution in [2.24, 2.45) is 0 Å². The lowest BCUT2D eigenvalue weighted by Gasteiger charge is -2.32. The van der Waals surface area contributed by atoms with Gasteiger partial charge in [-0.3, -0.25) is 9.59 Å². The lowest BCUT2D eigenvalue weighted by atomic mass is 10.0. The molecule has 0 bridgehead atoms. The Morgan fingerprint density at radius 2 is 1.71 bits per heavy atom. The maximum atomic E-state index is 13.2. The highest BCUT2D eigenvalue weighted by atomic mass is 16.5. The molecule has 0 spiro atoms. The van der Waals surface area contributed by atoms with Crippen molar-refractivity contribution in [2.75, 3.05) is 19.7 Å². The molecule has 7 nitrogen and oxygen atoms in total. The molecule has 5 rings (SSSR count). The molecule has 1 aliphatic carbocycles. The monoisotopic (exact) mass is 458 g/mol. The Hall–Kier alpha value is -3.61. The molecule has 3 aromatic rings. The van der Waals surface area contributed by atoms with Gasteiger partial charge >= 0.3 is 0 Å². The molecular formula is C27H30N4O3. The van der Waals surface area contributed by atoms with Crippen LogP contribution in [0, 0.1) is 0 Å². The van der Waals surface area contributed by atoms with Gasteiger partial charge in [0.25, 0.3) is 11.8 Å². The van der Waals surface area contributed by atoms with E-state index in [-0.39, 0.29) is 17.9 Å². The largest absolute Gasteiger partial charge is 0.494 e. The van der Waals surface area contributed by atoms with Gasteiger partial charge < -0.3 is 15.0 Å². The minimum Gasteiger partial charge on any atom is -0.494 e. The van der Waals surface area contributed by atoms with E-state index in [4.69, 9.17) is 4.74 Å². The molecule has 1 aliphatic heterocycles. The van der Waals surface area contributed by atoms with Crippen molar-refractivity contribution in [3.05, 3.63) is 77.6 Å². The minimum absolute atomic E-state index is 0.0213. The van der Waals surface area contributed by atoms with E-state index in [9.17, 15) is 9.59 Å². The van der Waals surface area contributed by atoms with Gasteiger partial charge in [-0.15, -0.1) is 0 Å². The number of benzene rings is 2. The predicted molar refractivity (Wildman–Crippen MR) is 130 cm³/mol. The van der Waals surface area contributed by atoms with E-state index >= 15 is 0 Å². The molecule has 2 aromatic carbocycles. The summed E-state index contributed by atoms with van der Waals surface area (Å²) >= 11 is 0. The van der Waals surface area contributed by atoms with Crippen molar-refractivity contribution in [3.8, 4) is 11.4 Å². The first kappa shape index (κ1) is 22.2. The third kappa shape index (κ3) is 4.69. The SMILES string of the molecule is CCOc1ccc(C(=O)N2CCC(NC(=O)c3cnn(-c4ccccc4)c3C3CC3)CC2)cc1. The molecule has 2 amide bonds. The van der Waals surface area contributed by atoms with E-state index in [0.29, 0.717) is 36.7 Å². The van der Waals surface area contributed by atoms with Gasteiger partial charge in [0.1, 0.15) is 5.75 Å². The second-order valence-electron chi connectivity index (χ2n) is 8.96. The van der Waals surface area contributed by atoms with Crippen LogP contribution in [0.5, 0.6) is 5.75 Å². The van der Waals surface area contributed by atoms with Crippen LogP contribution in [0.15, 0.2) is 60.8 Å². The predicted octanol–water partition coefficient (Wildman–Crippen LogP) is 4.18. The zero-order valence-electron chi connectivity index (χ0n) is 19.4. The number of nitrogens with zero attached hydrogens (tertiary/aromatic N) is 3. The number of aromatic nitrogens is 2. The van der Waals surface area contributed by atoms with Crippen molar-refractivity contribution in [3.63, 3.8) is 0 Å². The van der Waals surface area contributed by atoms with Crippen LogP contribution in [0.25, 0.3) is 5.69 Å². The van der Waals surface area contributed by atoms with Crippen molar-refractivity contribution in [2.45, 2.75) is 44.6 Å². The van der Waals surface area contributed by atoms with Crippen molar-refractivity contribution in [1.29, 1.82) is 0 Å².